The standard InChI is InChI=1S/C31H49NO2/c1-7-30(33,8-2)19-18-26-14-15-27(22-24(26)5)31(9-3,10-4)28-16-17-29(25(6)23-28)34-21-13-11-12-20-32/h14-17,22-23,33H,7-13,18-21,32H2,1-6H3. The quantitative estimate of drug-likeness (QED) is 0.268. The summed E-state index contributed by atoms with van der Waals surface area (Å²) in [5, 5.41) is 10.7. The molecule has 3 nitrogen and oxygen atoms in total. The minimum atomic E-state index is -0.548. The van der Waals surface area contributed by atoms with E-state index in [-0.39, 0.29) is 5.41 Å². The average molecular weight is 468 g/mol. The van der Waals surface area contributed by atoms with Crippen molar-refractivity contribution in [3.63, 3.8) is 0 Å². The van der Waals surface area contributed by atoms with Crippen LogP contribution in [0.3, 0.4) is 0 Å². The van der Waals surface area contributed by atoms with Crippen LogP contribution < -0.4 is 10.5 Å². The molecule has 0 aliphatic carbocycles. The maximum atomic E-state index is 10.7. The third-order valence-electron chi connectivity index (χ3n) is 8.11. The van der Waals surface area contributed by atoms with Gasteiger partial charge in [0.1, 0.15) is 5.75 Å². The number of hydrogen-bond acceptors (Lipinski definition) is 3. The lowest BCUT2D eigenvalue weighted by Crippen LogP contribution is -2.28. The van der Waals surface area contributed by atoms with Crippen molar-refractivity contribution >= 4 is 0 Å². The van der Waals surface area contributed by atoms with E-state index in [1.807, 2.05) is 0 Å². The van der Waals surface area contributed by atoms with Crippen LogP contribution >= 0.6 is 0 Å². The molecule has 2 aromatic carbocycles. The second-order valence-electron chi connectivity index (χ2n) is 10.0. The topological polar surface area (TPSA) is 55.5 Å². The zero-order valence-corrected chi connectivity index (χ0v) is 22.7. The number of aryl methyl sites for hydroxylation is 3. The Hall–Kier alpha value is -1.84. The van der Waals surface area contributed by atoms with Crippen LogP contribution in [-0.2, 0) is 11.8 Å². The van der Waals surface area contributed by atoms with Crippen molar-refractivity contribution in [1.82, 2.24) is 0 Å². The van der Waals surface area contributed by atoms with E-state index in [1.54, 1.807) is 0 Å². The Bertz CT molecular complexity index is 881. The van der Waals surface area contributed by atoms with Gasteiger partial charge in [-0.3, -0.25) is 0 Å². The maximum Gasteiger partial charge on any atom is 0.122 e. The molecular formula is C31H49NO2. The lowest BCUT2D eigenvalue weighted by molar-refractivity contribution is 0.0239. The number of nitrogens with two attached hydrogens (primary N) is 1. The fraction of sp³-hybridized carbons (Fsp3) is 0.613. The van der Waals surface area contributed by atoms with Crippen LogP contribution in [0.5, 0.6) is 5.75 Å². The fourth-order valence-electron chi connectivity index (χ4n) is 5.19. The molecule has 0 aliphatic rings. The highest BCUT2D eigenvalue weighted by Crippen LogP contribution is 2.41. The lowest BCUT2D eigenvalue weighted by atomic mass is 9.69. The van der Waals surface area contributed by atoms with Gasteiger partial charge in [-0.15, -0.1) is 0 Å². The first-order valence-corrected chi connectivity index (χ1v) is 13.6. The first kappa shape index (κ1) is 28.4. The van der Waals surface area contributed by atoms with Gasteiger partial charge in [-0.25, -0.2) is 0 Å². The Morgan fingerprint density at radius 1 is 0.794 bits per heavy atom. The Labute approximate surface area is 209 Å². The predicted molar refractivity (Wildman–Crippen MR) is 146 cm³/mol. The molecule has 0 bridgehead atoms. The predicted octanol–water partition coefficient (Wildman–Crippen LogP) is 7.40. The van der Waals surface area contributed by atoms with Crippen molar-refractivity contribution in [2.45, 2.75) is 110 Å². The highest BCUT2D eigenvalue weighted by Gasteiger charge is 2.31. The molecule has 0 saturated heterocycles. The molecule has 0 heterocycles. The summed E-state index contributed by atoms with van der Waals surface area (Å²) in [6.07, 6.45) is 8.68. The first-order valence-electron chi connectivity index (χ1n) is 13.6. The second-order valence-corrected chi connectivity index (χ2v) is 10.0. The van der Waals surface area contributed by atoms with E-state index in [9.17, 15) is 5.11 Å². The monoisotopic (exact) mass is 467 g/mol. The normalized spacial score (nSPS) is 12.2. The molecule has 0 aliphatic heterocycles. The van der Waals surface area contributed by atoms with Crippen molar-refractivity contribution in [2.75, 3.05) is 13.2 Å². The highest BCUT2D eigenvalue weighted by atomic mass is 16.5. The third-order valence-corrected chi connectivity index (χ3v) is 8.11. The highest BCUT2D eigenvalue weighted by molar-refractivity contribution is 5.47. The number of unbranched alkanes of at least 4 members (excludes halogenated alkanes) is 2. The molecule has 2 rings (SSSR count). The van der Waals surface area contributed by atoms with Crippen molar-refractivity contribution in [3.05, 3.63) is 64.2 Å². The zero-order valence-electron chi connectivity index (χ0n) is 22.7. The van der Waals surface area contributed by atoms with Crippen LogP contribution in [0.4, 0.5) is 0 Å². The number of ether oxygens (including phenoxy) is 1. The number of rotatable bonds is 15. The Balaban J connectivity index is 2.25. The Kier molecular flexibility index (Phi) is 11.1. The smallest absolute Gasteiger partial charge is 0.122 e. The van der Waals surface area contributed by atoms with Crippen LogP contribution in [0.2, 0.25) is 0 Å². The van der Waals surface area contributed by atoms with Gasteiger partial charge < -0.3 is 15.6 Å². The summed E-state index contributed by atoms with van der Waals surface area (Å²) in [6, 6.07) is 13.8. The Morgan fingerprint density at radius 3 is 1.94 bits per heavy atom. The summed E-state index contributed by atoms with van der Waals surface area (Å²) in [5.41, 5.74) is 11.7. The van der Waals surface area contributed by atoms with Gasteiger partial charge in [-0.2, -0.15) is 0 Å². The SMILES string of the molecule is CCC(O)(CC)CCc1ccc(C(CC)(CC)c2ccc(OCCCCCN)c(C)c2)cc1C. The average Bonchev–Trinajstić information content (AvgIpc) is 2.85. The van der Waals surface area contributed by atoms with Gasteiger partial charge in [-0.05, 0) is 112 Å². The van der Waals surface area contributed by atoms with Gasteiger partial charge in [0.2, 0.25) is 0 Å². The van der Waals surface area contributed by atoms with Crippen LogP contribution in [0.25, 0.3) is 0 Å². The molecule has 0 atom stereocenters. The van der Waals surface area contributed by atoms with Gasteiger partial charge >= 0.3 is 0 Å². The molecule has 0 saturated carbocycles. The minimum Gasteiger partial charge on any atom is -0.493 e. The van der Waals surface area contributed by atoms with Gasteiger partial charge in [0.25, 0.3) is 0 Å². The van der Waals surface area contributed by atoms with E-state index in [4.69, 9.17) is 10.5 Å². The molecule has 3 N–H and O–H groups in total. The fourth-order valence-corrected chi connectivity index (χ4v) is 5.19. The number of hydrogen-bond donors (Lipinski definition) is 2. The minimum absolute atomic E-state index is 0.0126. The molecule has 0 radical (unpaired) electrons. The van der Waals surface area contributed by atoms with Crippen LogP contribution in [-0.4, -0.2) is 23.9 Å². The first-order chi connectivity index (χ1) is 16.3. The van der Waals surface area contributed by atoms with E-state index in [1.165, 1.54) is 27.8 Å². The summed E-state index contributed by atoms with van der Waals surface area (Å²) in [6.45, 7) is 14.6. The van der Waals surface area contributed by atoms with E-state index in [0.29, 0.717) is 0 Å². The Morgan fingerprint density at radius 2 is 1.41 bits per heavy atom. The van der Waals surface area contributed by atoms with Gasteiger partial charge in [0, 0.05) is 5.41 Å². The molecule has 34 heavy (non-hydrogen) atoms. The van der Waals surface area contributed by atoms with Crippen LogP contribution in [0, 0.1) is 13.8 Å². The number of aliphatic hydroxyl groups is 1. The third kappa shape index (κ3) is 6.86. The zero-order chi connectivity index (χ0) is 25.2. The van der Waals surface area contributed by atoms with Crippen LogP contribution in [0.15, 0.2) is 36.4 Å². The van der Waals surface area contributed by atoms with E-state index >= 15 is 0 Å². The van der Waals surface area contributed by atoms with Gasteiger partial charge in [-0.1, -0.05) is 58.0 Å². The molecule has 2 aromatic rings. The molecule has 0 unspecified atom stereocenters. The summed E-state index contributed by atoms with van der Waals surface area (Å²) < 4.78 is 6.07. The molecule has 0 spiro atoms. The lowest BCUT2D eigenvalue weighted by Gasteiger charge is -2.34. The van der Waals surface area contributed by atoms with Crippen molar-refractivity contribution in [3.8, 4) is 5.75 Å². The largest absolute Gasteiger partial charge is 0.493 e. The van der Waals surface area contributed by atoms with Crippen molar-refractivity contribution in [1.29, 1.82) is 0 Å². The summed E-state index contributed by atoms with van der Waals surface area (Å²) in [4.78, 5) is 0. The van der Waals surface area contributed by atoms with Crippen molar-refractivity contribution < 1.29 is 9.84 Å². The summed E-state index contributed by atoms with van der Waals surface area (Å²) in [7, 11) is 0. The maximum absolute atomic E-state index is 10.7. The van der Waals surface area contributed by atoms with E-state index in [0.717, 1.165) is 76.7 Å². The summed E-state index contributed by atoms with van der Waals surface area (Å²) in [5.74, 6) is 0.989. The van der Waals surface area contributed by atoms with Gasteiger partial charge in [0.15, 0.2) is 0 Å². The van der Waals surface area contributed by atoms with Crippen molar-refractivity contribution in [2.24, 2.45) is 5.73 Å². The molecular weight excluding hydrogens is 418 g/mol. The molecule has 190 valence electrons. The molecule has 0 fully saturated rings. The van der Waals surface area contributed by atoms with E-state index in [2.05, 4.69) is 77.9 Å². The summed E-state index contributed by atoms with van der Waals surface area (Å²) >= 11 is 0. The molecule has 3 heteroatoms. The van der Waals surface area contributed by atoms with E-state index < -0.39 is 5.60 Å². The molecule has 0 aromatic heterocycles. The molecule has 0 amide bonds. The second kappa shape index (κ2) is 13.3. The van der Waals surface area contributed by atoms with Gasteiger partial charge in [0.05, 0.1) is 12.2 Å². The number of benzene rings is 2. The van der Waals surface area contributed by atoms with Crippen LogP contribution in [0.1, 0.15) is 107 Å².